The standard InChI is InChI=1S/C15H16F2N4O3/c1-19-21-6-9(15(23)24)14(22)8-4-10(16)13(11(17)12(8)21)20-3-2-7(18)5-20/h4,6-7,19H,2-3,5,18H2,1H3,(H,23,24). The van der Waals surface area contributed by atoms with E-state index in [1.165, 1.54) is 11.9 Å². The molecule has 0 aliphatic carbocycles. The first-order chi connectivity index (χ1) is 11.3. The molecular weight excluding hydrogens is 322 g/mol. The van der Waals surface area contributed by atoms with Crippen molar-refractivity contribution in [3.8, 4) is 0 Å². The third-order valence-electron chi connectivity index (χ3n) is 4.17. The van der Waals surface area contributed by atoms with Gasteiger partial charge in [-0.25, -0.2) is 13.6 Å². The van der Waals surface area contributed by atoms with Crippen LogP contribution in [0, 0.1) is 11.6 Å². The first kappa shape index (κ1) is 16.2. The molecule has 1 aromatic carbocycles. The zero-order valence-corrected chi connectivity index (χ0v) is 12.8. The average molecular weight is 338 g/mol. The quantitative estimate of drug-likeness (QED) is 0.761. The maximum absolute atomic E-state index is 15.0. The lowest BCUT2D eigenvalue weighted by Crippen LogP contribution is -2.29. The largest absolute Gasteiger partial charge is 0.477 e. The van der Waals surface area contributed by atoms with E-state index in [2.05, 4.69) is 5.43 Å². The number of hydrogen-bond acceptors (Lipinski definition) is 5. The second-order valence-corrected chi connectivity index (χ2v) is 5.68. The number of nitrogens with zero attached hydrogens (tertiary/aromatic N) is 2. The fourth-order valence-corrected chi connectivity index (χ4v) is 3.01. The van der Waals surface area contributed by atoms with Crippen LogP contribution < -0.4 is 21.5 Å². The summed E-state index contributed by atoms with van der Waals surface area (Å²) >= 11 is 0. The molecular formula is C15H16F2N4O3. The number of aromatic carboxylic acids is 1. The summed E-state index contributed by atoms with van der Waals surface area (Å²) in [5.41, 5.74) is 6.40. The average Bonchev–Trinajstić information content (AvgIpc) is 2.94. The molecule has 0 saturated carbocycles. The van der Waals surface area contributed by atoms with Gasteiger partial charge in [-0.3, -0.25) is 9.47 Å². The van der Waals surface area contributed by atoms with Crippen LogP contribution in [0.25, 0.3) is 10.9 Å². The highest BCUT2D eigenvalue weighted by Crippen LogP contribution is 2.31. The highest BCUT2D eigenvalue weighted by atomic mass is 19.1. The number of anilines is 1. The zero-order valence-electron chi connectivity index (χ0n) is 12.8. The van der Waals surface area contributed by atoms with Gasteiger partial charge in [-0.05, 0) is 12.5 Å². The Morgan fingerprint density at radius 2 is 2.17 bits per heavy atom. The van der Waals surface area contributed by atoms with Crippen LogP contribution in [0.3, 0.4) is 0 Å². The van der Waals surface area contributed by atoms with Crippen molar-refractivity contribution in [2.24, 2.45) is 5.73 Å². The van der Waals surface area contributed by atoms with Gasteiger partial charge in [-0.1, -0.05) is 0 Å². The lowest BCUT2D eigenvalue weighted by molar-refractivity contribution is 0.0695. The van der Waals surface area contributed by atoms with Gasteiger partial charge in [0.05, 0.1) is 5.39 Å². The Hall–Kier alpha value is -2.68. The minimum absolute atomic E-state index is 0.180. The minimum atomic E-state index is -1.47. The van der Waals surface area contributed by atoms with Gasteiger partial charge in [0, 0.05) is 32.4 Å². The molecule has 1 aliphatic rings. The molecule has 9 heteroatoms. The van der Waals surface area contributed by atoms with E-state index < -0.39 is 28.6 Å². The number of carboxylic acid groups (broad SMARTS) is 1. The molecule has 2 heterocycles. The second-order valence-electron chi connectivity index (χ2n) is 5.68. The van der Waals surface area contributed by atoms with E-state index in [-0.39, 0.29) is 22.6 Å². The fourth-order valence-electron chi connectivity index (χ4n) is 3.01. The molecule has 3 rings (SSSR count). The molecule has 1 saturated heterocycles. The van der Waals surface area contributed by atoms with Crippen LogP contribution in [0.15, 0.2) is 17.1 Å². The van der Waals surface area contributed by atoms with E-state index >= 15 is 0 Å². The molecule has 128 valence electrons. The number of nitrogens with one attached hydrogen (secondary N) is 1. The normalized spacial score (nSPS) is 17.5. The number of benzene rings is 1. The summed E-state index contributed by atoms with van der Waals surface area (Å²) in [6.45, 7) is 0.702. The molecule has 24 heavy (non-hydrogen) atoms. The number of pyridine rings is 1. The van der Waals surface area contributed by atoms with Gasteiger partial charge < -0.3 is 21.2 Å². The van der Waals surface area contributed by atoms with Crippen LogP contribution in [-0.4, -0.2) is 41.9 Å². The first-order valence-corrected chi connectivity index (χ1v) is 7.34. The molecule has 0 spiro atoms. The number of fused-ring (bicyclic) bond motifs is 1. The van der Waals surface area contributed by atoms with Gasteiger partial charge in [-0.15, -0.1) is 0 Å². The van der Waals surface area contributed by atoms with Gasteiger partial charge >= 0.3 is 5.97 Å². The van der Waals surface area contributed by atoms with E-state index in [0.29, 0.717) is 19.5 Å². The maximum Gasteiger partial charge on any atom is 0.341 e. The number of nitrogens with two attached hydrogens (primary N) is 1. The smallest absolute Gasteiger partial charge is 0.341 e. The molecule has 1 unspecified atom stereocenters. The number of carbonyl (C=O) groups is 1. The molecule has 1 aliphatic heterocycles. The second kappa shape index (κ2) is 5.75. The fraction of sp³-hybridized carbons (Fsp3) is 0.333. The van der Waals surface area contributed by atoms with Crippen molar-refractivity contribution in [3.63, 3.8) is 0 Å². The molecule has 2 aromatic rings. The van der Waals surface area contributed by atoms with Crippen molar-refractivity contribution in [2.45, 2.75) is 12.5 Å². The topological polar surface area (TPSA) is 101 Å². The van der Waals surface area contributed by atoms with Crippen LogP contribution >= 0.6 is 0 Å². The Kier molecular flexibility index (Phi) is 3.88. The highest BCUT2D eigenvalue weighted by Gasteiger charge is 2.28. The van der Waals surface area contributed by atoms with Crippen LogP contribution in [0.2, 0.25) is 0 Å². The number of halogens is 2. The molecule has 1 atom stereocenters. The van der Waals surface area contributed by atoms with E-state index in [4.69, 9.17) is 10.8 Å². The lowest BCUT2D eigenvalue weighted by Gasteiger charge is -2.22. The summed E-state index contributed by atoms with van der Waals surface area (Å²) in [5.74, 6) is -3.32. The molecule has 4 N–H and O–H groups in total. The van der Waals surface area contributed by atoms with Crippen LogP contribution in [-0.2, 0) is 0 Å². The number of aromatic nitrogens is 1. The summed E-state index contributed by atoms with van der Waals surface area (Å²) in [4.78, 5) is 24.9. The van der Waals surface area contributed by atoms with Crippen molar-refractivity contribution >= 4 is 22.6 Å². The Labute approximate surface area is 135 Å². The molecule has 7 nitrogen and oxygen atoms in total. The van der Waals surface area contributed by atoms with Gasteiger partial charge in [0.25, 0.3) is 0 Å². The molecule has 1 aromatic heterocycles. The van der Waals surface area contributed by atoms with Crippen molar-refractivity contribution in [2.75, 3.05) is 30.5 Å². The monoisotopic (exact) mass is 338 g/mol. The van der Waals surface area contributed by atoms with Crippen LogP contribution in [0.5, 0.6) is 0 Å². The summed E-state index contributed by atoms with van der Waals surface area (Å²) < 4.78 is 30.5. The molecule has 0 radical (unpaired) electrons. The van der Waals surface area contributed by atoms with Gasteiger partial charge in [-0.2, -0.15) is 0 Å². The van der Waals surface area contributed by atoms with Gasteiger partial charge in [0.2, 0.25) is 5.43 Å². The summed E-state index contributed by atoms with van der Waals surface area (Å²) in [6, 6.07) is 0.695. The van der Waals surface area contributed by atoms with Crippen molar-refractivity contribution in [1.82, 2.24) is 4.68 Å². The van der Waals surface area contributed by atoms with Gasteiger partial charge in [0.1, 0.15) is 22.6 Å². The van der Waals surface area contributed by atoms with Crippen LogP contribution in [0.1, 0.15) is 16.8 Å². The Bertz CT molecular complexity index is 897. The van der Waals surface area contributed by atoms with E-state index in [1.807, 2.05) is 0 Å². The summed E-state index contributed by atoms with van der Waals surface area (Å²) in [7, 11) is 1.43. The third-order valence-corrected chi connectivity index (χ3v) is 4.17. The SMILES string of the molecule is CNn1cc(C(=O)O)c(=O)c2cc(F)c(N3CCC(N)C3)c(F)c21. The Morgan fingerprint density at radius 1 is 1.46 bits per heavy atom. The number of carboxylic acids is 1. The predicted molar refractivity (Wildman–Crippen MR) is 85.2 cm³/mol. The van der Waals surface area contributed by atoms with Crippen molar-refractivity contribution in [3.05, 3.63) is 39.7 Å². The Balaban J connectivity index is 2.34. The summed E-state index contributed by atoms with van der Waals surface area (Å²) in [6.07, 6.45) is 1.58. The third kappa shape index (κ3) is 2.37. The van der Waals surface area contributed by atoms with Crippen molar-refractivity contribution in [1.29, 1.82) is 0 Å². The Morgan fingerprint density at radius 3 is 2.71 bits per heavy atom. The highest BCUT2D eigenvalue weighted by molar-refractivity contribution is 5.94. The maximum atomic E-state index is 15.0. The molecule has 1 fully saturated rings. The molecule has 0 amide bonds. The van der Waals surface area contributed by atoms with Crippen LogP contribution in [0.4, 0.5) is 14.5 Å². The van der Waals surface area contributed by atoms with E-state index in [0.717, 1.165) is 16.9 Å². The first-order valence-electron chi connectivity index (χ1n) is 7.34. The van der Waals surface area contributed by atoms with Crippen molar-refractivity contribution < 1.29 is 18.7 Å². The minimum Gasteiger partial charge on any atom is -0.477 e. The zero-order chi connectivity index (χ0) is 17.6. The van der Waals surface area contributed by atoms with E-state index in [9.17, 15) is 18.4 Å². The number of hydrogen-bond donors (Lipinski definition) is 3. The predicted octanol–water partition coefficient (Wildman–Crippen LogP) is 0.689. The van der Waals surface area contributed by atoms with Gasteiger partial charge in [0.15, 0.2) is 5.82 Å². The summed E-state index contributed by atoms with van der Waals surface area (Å²) in [5, 5.41) is 8.75. The lowest BCUT2D eigenvalue weighted by atomic mass is 10.1. The van der Waals surface area contributed by atoms with E-state index in [1.54, 1.807) is 0 Å². The molecule has 0 bridgehead atoms. The number of rotatable bonds is 3.